The van der Waals surface area contributed by atoms with Crippen molar-refractivity contribution in [2.45, 2.75) is 19.4 Å². The minimum Gasteiger partial charge on any atom is -0.493 e. The number of nitrogens with one attached hydrogen (secondary N) is 2. The Morgan fingerprint density at radius 1 is 1.19 bits per heavy atom. The zero-order valence-electron chi connectivity index (χ0n) is 21.0. The van der Waals surface area contributed by atoms with Crippen molar-refractivity contribution < 1.29 is 23.6 Å². The number of anilines is 1. The smallest absolute Gasteiger partial charge is 0.253 e. The Balaban J connectivity index is 1.38. The standard InChI is InChI=1S/C27H31N5O5/c1-4-13-28-27(34)20-9-5-6-10-21(20)29-26(33)19-8-7-14-32(16-19)17-24-30-25(31-37-24)18-11-12-22(35-2)23(15-18)36-3/h4-6,9-12,15,19H,1,7-8,13-14,16-17H2,2-3H3,(H,28,34)(H,29,33). The normalized spacial score (nSPS) is 15.6. The van der Waals surface area contributed by atoms with E-state index < -0.39 is 0 Å². The molecule has 1 atom stereocenters. The van der Waals surface area contributed by atoms with Crippen LogP contribution in [-0.2, 0) is 11.3 Å². The summed E-state index contributed by atoms with van der Waals surface area (Å²) in [6.45, 7) is 5.76. The number of nitrogens with zero attached hydrogens (tertiary/aromatic N) is 3. The summed E-state index contributed by atoms with van der Waals surface area (Å²) in [6, 6.07) is 12.4. The van der Waals surface area contributed by atoms with E-state index in [1.165, 1.54) is 0 Å². The number of carbonyl (C=O) groups excluding carboxylic acids is 2. The van der Waals surface area contributed by atoms with E-state index in [0.29, 0.717) is 54.1 Å². The molecule has 0 aliphatic carbocycles. The number of methoxy groups -OCH3 is 2. The highest BCUT2D eigenvalue weighted by Crippen LogP contribution is 2.31. The molecule has 1 unspecified atom stereocenters. The Morgan fingerprint density at radius 3 is 2.78 bits per heavy atom. The molecule has 2 amide bonds. The average Bonchev–Trinajstić information content (AvgIpc) is 3.40. The van der Waals surface area contributed by atoms with Crippen LogP contribution in [0.2, 0.25) is 0 Å². The van der Waals surface area contributed by atoms with Crippen LogP contribution in [0.25, 0.3) is 11.4 Å². The minimum absolute atomic E-state index is 0.120. The van der Waals surface area contributed by atoms with E-state index in [-0.39, 0.29) is 17.7 Å². The lowest BCUT2D eigenvalue weighted by Crippen LogP contribution is -2.40. The van der Waals surface area contributed by atoms with Gasteiger partial charge in [-0.15, -0.1) is 6.58 Å². The Morgan fingerprint density at radius 2 is 2.00 bits per heavy atom. The van der Waals surface area contributed by atoms with Gasteiger partial charge in [0.05, 0.1) is 37.9 Å². The quantitative estimate of drug-likeness (QED) is 0.402. The van der Waals surface area contributed by atoms with Crippen molar-refractivity contribution in [1.82, 2.24) is 20.4 Å². The summed E-state index contributed by atoms with van der Waals surface area (Å²) in [7, 11) is 3.15. The number of para-hydroxylation sites is 1. The van der Waals surface area contributed by atoms with Gasteiger partial charge in [0.1, 0.15) is 0 Å². The summed E-state index contributed by atoms with van der Waals surface area (Å²) in [4.78, 5) is 32.2. The van der Waals surface area contributed by atoms with Crippen LogP contribution in [0.15, 0.2) is 59.6 Å². The van der Waals surface area contributed by atoms with Gasteiger partial charge >= 0.3 is 0 Å². The third-order valence-corrected chi connectivity index (χ3v) is 6.18. The topological polar surface area (TPSA) is 119 Å². The first-order valence-corrected chi connectivity index (χ1v) is 12.1. The van der Waals surface area contributed by atoms with E-state index in [2.05, 4.69) is 32.3 Å². The molecule has 2 aromatic carbocycles. The predicted molar refractivity (Wildman–Crippen MR) is 138 cm³/mol. The summed E-state index contributed by atoms with van der Waals surface area (Å²) in [5.74, 6) is 1.51. The fourth-order valence-electron chi connectivity index (χ4n) is 4.30. The fourth-order valence-corrected chi connectivity index (χ4v) is 4.30. The van der Waals surface area contributed by atoms with Crippen LogP contribution < -0.4 is 20.1 Å². The maximum Gasteiger partial charge on any atom is 0.253 e. The molecule has 1 aromatic heterocycles. The van der Waals surface area contributed by atoms with Crippen molar-refractivity contribution in [1.29, 1.82) is 0 Å². The molecule has 10 nitrogen and oxygen atoms in total. The molecule has 1 saturated heterocycles. The molecule has 1 aliphatic heterocycles. The number of likely N-dealkylation sites (tertiary alicyclic amines) is 1. The van der Waals surface area contributed by atoms with Crippen molar-refractivity contribution in [3.63, 3.8) is 0 Å². The monoisotopic (exact) mass is 505 g/mol. The lowest BCUT2D eigenvalue weighted by molar-refractivity contribution is -0.121. The van der Waals surface area contributed by atoms with Gasteiger partial charge < -0.3 is 24.6 Å². The van der Waals surface area contributed by atoms with Crippen LogP contribution >= 0.6 is 0 Å². The molecule has 0 saturated carbocycles. The van der Waals surface area contributed by atoms with Crippen molar-refractivity contribution in [2.24, 2.45) is 5.92 Å². The zero-order chi connectivity index (χ0) is 26.2. The molecule has 1 fully saturated rings. The van der Waals surface area contributed by atoms with Crippen molar-refractivity contribution >= 4 is 17.5 Å². The second kappa shape index (κ2) is 12.2. The van der Waals surface area contributed by atoms with E-state index in [1.807, 2.05) is 6.07 Å². The van der Waals surface area contributed by atoms with E-state index in [1.54, 1.807) is 56.7 Å². The van der Waals surface area contributed by atoms with Crippen molar-refractivity contribution in [2.75, 3.05) is 39.2 Å². The molecule has 37 heavy (non-hydrogen) atoms. The van der Waals surface area contributed by atoms with Gasteiger partial charge in [0.25, 0.3) is 5.91 Å². The largest absolute Gasteiger partial charge is 0.493 e. The van der Waals surface area contributed by atoms with E-state index in [0.717, 1.165) is 24.9 Å². The molecular weight excluding hydrogens is 474 g/mol. The van der Waals surface area contributed by atoms with Gasteiger partial charge in [0.2, 0.25) is 17.6 Å². The number of ether oxygens (including phenoxy) is 2. The van der Waals surface area contributed by atoms with E-state index >= 15 is 0 Å². The molecule has 1 aliphatic rings. The first-order valence-electron chi connectivity index (χ1n) is 12.1. The Kier molecular flexibility index (Phi) is 8.52. The highest BCUT2D eigenvalue weighted by atomic mass is 16.5. The lowest BCUT2D eigenvalue weighted by Gasteiger charge is -2.31. The highest BCUT2D eigenvalue weighted by Gasteiger charge is 2.28. The maximum atomic E-state index is 13.1. The first kappa shape index (κ1) is 25.9. The Labute approximate surface area is 215 Å². The van der Waals surface area contributed by atoms with Gasteiger partial charge in [-0.25, -0.2) is 0 Å². The maximum absolute atomic E-state index is 13.1. The third kappa shape index (κ3) is 6.34. The van der Waals surface area contributed by atoms with Crippen LogP contribution in [0.4, 0.5) is 5.69 Å². The second-order valence-corrected chi connectivity index (χ2v) is 8.69. The first-order chi connectivity index (χ1) is 18.0. The van der Waals surface area contributed by atoms with Gasteiger partial charge in [0.15, 0.2) is 11.5 Å². The predicted octanol–water partition coefficient (Wildman–Crippen LogP) is 3.52. The van der Waals surface area contributed by atoms with Crippen molar-refractivity contribution in [3.05, 3.63) is 66.6 Å². The van der Waals surface area contributed by atoms with Gasteiger partial charge in [-0.1, -0.05) is 23.4 Å². The van der Waals surface area contributed by atoms with E-state index in [4.69, 9.17) is 14.0 Å². The van der Waals surface area contributed by atoms with Gasteiger partial charge in [-0.05, 0) is 49.7 Å². The van der Waals surface area contributed by atoms with Crippen LogP contribution in [0.3, 0.4) is 0 Å². The second-order valence-electron chi connectivity index (χ2n) is 8.69. The Bertz CT molecular complexity index is 1260. The van der Waals surface area contributed by atoms with Crippen LogP contribution in [-0.4, -0.2) is 60.7 Å². The molecule has 2 heterocycles. The summed E-state index contributed by atoms with van der Waals surface area (Å²) in [5, 5.41) is 9.80. The summed E-state index contributed by atoms with van der Waals surface area (Å²) >= 11 is 0. The van der Waals surface area contributed by atoms with E-state index in [9.17, 15) is 9.59 Å². The summed E-state index contributed by atoms with van der Waals surface area (Å²) in [6.07, 6.45) is 3.22. The number of carbonyl (C=O) groups is 2. The summed E-state index contributed by atoms with van der Waals surface area (Å²) in [5.41, 5.74) is 1.65. The van der Waals surface area contributed by atoms with Gasteiger partial charge in [0, 0.05) is 18.7 Å². The molecule has 3 aromatic rings. The number of hydrogen-bond donors (Lipinski definition) is 2. The number of aromatic nitrogens is 2. The lowest BCUT2D eigenvalue weighted by atomic mass is 9.96. The van der Waals surface area contributed by atoms with Crippen LogP contribution in [0.5, 0.6) is 11.5 Å². The molecule has 0 spiro atoms. The molecule has 2 N–H and O–H groups in total. The van der Waals surface area contributed by atoms with Crippen LogP contribution in [0.1, 0.15) is 29.1 Å². The highest BCUT2D eigenvalue weighted by molar-refractivity contribution is 6.04. The number of hydrogen-bond acceptors (Lipinski definition) is 8. The van der Waals surface area contributed by atoms with Gasteiger partial charge in [-0.3, -0.25) is 14.5 Å². The Hall–Kier alpha value is -4.18. The molecule has 194 valence electrons. The SMILES string of the molecule is C=CCNC(=O)c1ccccc1NC(=O)C1CCCN(Cc2nc(-c3ccc(OC)c(OC)c3)no2)C1. The number of benzene rings is 2. The van der Waals surface area contributed by atoms with Gasteiger partial charge in [-0.2, -0.15) is 4.98 Å². The molecule has 0 bridgehead atoms. The molecule has 4 rings (SSSR count). The molecular formula is C27H31N5O5. The molecule has 0 radical (unpaired) electrons. The average molecular weight is 506 g/mol. The number of piperidine rings is 1. The number of rotatable bonds is 10. The van der Waals surface area contributed by atoms with Crippen LogP contribution in [0, 0.1) is 5.92 Å². The minimum atomic E-state index is -0.261. The summed E-state index contributed by atoms with van der Waals surface area (Å²) < 4.78 is 16.1. The number of amides is 2. The molecule has 10 heteroatoms. The third-order valence-electron chi connectivity index (χ3n) is 6.18. The van der Waals surface area contributed by atoms with Crippen molar-refractivity contribution in [3.8, 4) is 22.9 Å². The fraction of sp³-hybridized carbons (Fsp3) is 0.333. The zero-order valence-corrected chi connectivity index (χ0v) is 21.0.